The molecule has 2 heterocycles. The molecule has 0 unspecified atom stereocenters. The molecule has 0 atom stereocenters. The fraction of sp³-hybridized carbons (Fsp3) is 0. The number of nitro groups is 1. The van der Waals surface area contributed by atoms with Gasteiger partial charge in [-0.1, -0.05) is 12.1 Å². The van der Waals surface area contributed by atoms with Gasteiger partial charge in [0, 0.05) is 17.7 Å². The lowest BCUT2D eigenvalue weighted by Crippen LogP contribution is -1.88. The average Bonchev–Trinajstić information content (AvgIpc) is 3.36. The number of furan rings is 1. The van der Waals surface area contributed by atoms with Crippen LogP contribution in [0.4, 0.5) is 5.69 Å². The van der Waals surface area contributed by atoms with Gasteiger partial charge in [0.15, 0.2) is 11.5 Å². The molecule has 1 N–H and O–H groups in total. The number of nitrogens with zero attached hydrogens (tertiary/aromatic N) is 3. The van der Waals surface area contributed by atoms with Gasteiger partial charge in [0.2, 0.25) is 0 Å². The number of nitriles is 1. The third-order valence-corrected chi connectivity index (χ3v) is 5.11. The van der Waals surface area contributed by atoms with Gasteiger partial charge >= 0.3 is 0 Å². The number of allylic oxidation sites excluding steroid dienone is 1. The molecule has 0 amide bonds. The van der Waals surface area contributed by atoms with Crippen molar-refractivity contribution in [3.05, 3.63) is 81.5 Å². The molecule has 2 aromatic heterocycles. The van der Waals surface area contributed by atoms with Crippen LogP contribution in [0.3, 0.4) is 0 Å². The number of rotatable bonds is 4. The number of aliphatic hydroxyl groups excluding tert-OH is 1. The van der Waals surface area contributed by atoms with Gasteiger partial charge < -0.3 is 9.52 Å². The molecule has 8 heteroatoms. The van der Waals surface area contributed by atoms with Crippen molar-refractivity contribution in [1.29, 1.82) is 5.26 Å². The lowest BCUT2D eigenvalue weighted by Gasteiger charge is -2.00. The van der Waals surface area contributed by atoms with E-state index in [4.69, 9.17) is 4.42 Å². The summed E-state index contributed by atoms with van der Waals surface area (Å²) in [6.07, 6.45) is 0. The van der Waals surface area contributed by atoms with Gasteiger partial charge in [-0.2, -0.15) is 5.26 Å². The van der Waals surface area contributed by atoms with Crippen LogP contribution in [0.15, 0.2) is 65.1 Å². The van der Waals surface area contributed by atoms with Crippen LogP contribution in [0.2, 0.25) is 0 Å². The molecule has 136 valence electrons. The van der Waals surface area contributed by atoms with Crippen LogP contribution in [-0.2, 0) is 0 Å². The van der Waals surface area contributed by atoms with E-state index in [0.29, 0.717) is 16.3 Å². The van der Waals surface area contributed by atoms with Gasteiger partial charge in [-0.05, 0) is 36.4 Å². The summed E-state index contributed by atoms with van der Waals surface area (Å²) in [5.41, 5.74) is 1.35. The molecular formula is C20H11N3O4S. The number of non-ortho nitro benzene ring substituents is 1. The predicted octanol–water partition coefficient (Wildman–Crippen LogP) is 5.41. The van der Waals surface area contributed by atoms with E-state index in [-0.39, 0.29) is 22.8 Å². The average molecular weight is 389 g/mol. The quantitative estimate of drug-likeness (QED) is 0.216. The maximum absolute atomic E-state index is 10.8. The van der Waals surface area contributed by atoms with Gasteiger partial charge in [0.1, 0.15) is 22.4 Å². The summed E-state index contributed by atoms with van der Waals surface area (Å²) in [6, 6.07) is 18.5. The molecule has 0 radical (unpaired) electrons. The Hall–Kier alpha value is -3.96. The Morgan fingerprint density at radius 1 is 1.14 bits per heavy atom. The Morgan fingerprint density at radius 2 is 1.89 bits per heavy atom. The molecule has 4 aromatic rings. The van der Waals surface area contributed by atoms with Gasteiger partial charge in [-0.15, -0.1) is 11.3 Å². The Kier molecular flexibility index (Phi) is 4.35. The summed E-state index contributed by atoms with van der Waals surface area (Å²) in [4.78, 5) is 14.7. The number of thiazole rings is 1. The SMILES string of the molecule is N#C/C(=C(/O)c1ccc(-c2ccc([N+](=O)[O-])cc2)o1)c1nc2ccccc2s1. The molecular weight excluding hydrogens is 378 g/mol. The van der Waals surface area contributed by atoms with E-state index >= 15 is 0 Å². The predicted molar refractivity (Wildman–Crippen MR) is 105 cm³/mol. The highest BCUT2D eigenvalue weighted by molar-refractivity contribution is 7.19. The molecule has 0 fully saturated rings. The molecule has 2 aromatic carbocycles. The summed E-state index contributed by atoms with van der Waals surface area (Å²) in [6.45, 7) is 0. The van der Waals surface area contributed by atoms with E-state index in [1.807, 2.05) is 30.3 Å². The van der Waals surface area contributed by atoms with Crippen molar-refractivity contribution >= 4 is 38.6 Å². The highest BCUT2D eigenvalue weighted by atomic mass is 32.1. The number of aromatic nitrogens is 1. The minimum Gasteiger partial charge on any atom is -0.503 e. The standard InChI is InChI=1S/C20H11N3O4S/c21-11-14(20-22-15-3-1-2-4-18(15)28-20)19(24)17-10-9-16(27-17)12-5-7-13(8-6-12)23(25)26/h1-10,24H/b19-14-. The monoisotopic (exact) mass is 389 g/mol. The van der Waals surface area contributed by atoms with Crippen LogP contribution in [0.1, 0.15) is 10.8 Å². The maximum Gasteiger partial charge on any atom is 0.269 e. The number of para-hydroxylation sites is 1. The second-order valence-electron chi connectivity index (χ2n) is 5.79. The van der Waals surface area contributed by atoms with Crippen LogP contribution >= 0.6 is 11.3 Å². The summed E-state index contributed by atoms with van der Waals surface area (Å²) in [5, 5.41) is 31.3. The molecule has 0 saturated heterocycles. The Bertz CT molecular complexity index is 1230. The lowest BCUT2D eigenvalue weighted by atomic mass is 10.1. The maximum atomic E-state index is 10.8. The van der Waals surface area contributed by atoms with Crippen LogP contribution < -0.4 is 0 Å². The van der Waals surface area contributed by atoms with Crippen molar-refractivity contribution < 1.29 is 14.4 Å². The zero-order valence-corrected chi connectivity index (χ0v) is 15.0. The summed E-state index contributed by atoms with van der Waals surface area (Å²) < 4.78 is 6.56. The topological polar surface area (TPSA) is 113 Å². The fourth-order valence-electron chi connectivity index (χ4n) is 2.67. The first-order valence-corrected chi connectivity index (χ1v) is 8.93. The molecule has 28 heavy (non-hydrogen) atoms. The molecule has 7 nitrogen and oxygen atoms in total. The highest BCUT2D eigenvalue weighted by Crippen LogP contribution is 2.33. The number of benzene rings is 2. The minimum absolute atomic E-state index is 0.0193. The van der Waals surface area contributed by atoms with Gasteiger partial charge in [0.05, 0.1) is 15.1 Å². The zero-order valence-electron chi connectivity index (χ0n) is 14.2. The Labute approximate surface area is 162 Å². The van der Waals surface area contributed by atoms with E-state index in [0.717, 1.165) is 10.2 Å². The Balaban J connectivity index is 1.71. The first-order valence-electron chi connectivity index (χ1n) is 8.11. The zero-order chi connectivity index (χ0) is 19.7. The van der Waals surface area contributed by atoms with Crippen molar-refractivity contribution in [2.24, 2.45) is 0 Å². The van der Waals surface area contributed by atoms with Crippen molar-refractivity contribution in [1.82, 2.24) is 4.98 Å². The van der Waals surface area contributed by atoms with Crippen LogP contribution in [0, 0.1) is 21.4 Å². The molecule has 4 rings (SSSR count). The van der Waals surface area contributed by atoms with Gasteiger partial charge in [-0.3, -0.25) is 10.1 Å². The van der Waals surface area contributed by atoms with Crippen LogP contribution in [-0.4, -0.2) is 15.0 Å². The number of aliphatic hydroxyl groups is 1. The molecule has 0 saturated carbocycles. The van der Waals surface area contributed by atoms with E-state index in [1.54, 1.807) is 18.2 Å². The molecule has 0 aliphatic heterocycles. The van der Waals surface area contributed by atoms with Crippen molar-refractivity contribution in [2.45, 2.75) is 0 Å². The summed E-state index contributed by atoms with van der Waals surface area (Å²) >= 11 is 1.30. The van der Waals surface area contributed by atoms with E-state index < -0.39 is 4.92 Å². The van der Waals surface area contributed by atoms with E-state index in [1.165, 1.54) is 29.5 Å². The number of fused-ring (bicyclic) bond motifs is 1. The molecule has 0 bridgehead atoms. The lowest BCUT2D eigenvalue weighted by molar-refractivity contribution is -0.384. The molecule has 0 aliphatic rings. The summed E-state index contributed by atoms with van der Waals surface area (Å²) in [7, 11) is 0. The smallest absolute Gasteiger partial charge is 0.269 e. The van der Waals surface area contributed by atoms with E-state index in [2.05, 4.69) is 4.98 Å². The van der Waals surface area contributed by atoms with Gasteiger partial charge in [0.25, 0.3) is 5.69 Å². The number of hydrogen-bond donors (Lipinski definition) is 1. The Morgan fingerprint density at radius 3 is 2.57 bits per heavy atom. The first-order chi connectivity index (χ1) is 13.6. The van der Waals surface area contributed by atoms with Crippen molar-refractivity contribution in [2.75, 3.05) is 0 Å². The number of nitro benzene ring substituents is 1. The summed E-state index contributed by atoms with van der Waals surface area (Å²) in [5.74, 6) is 0.219. The normalized spacial score (nSPS) is 11.8. The molecule has 0 aliphatic carbocycles. The van der Waals surface area contributed by atoms with Crippen molar-refractivity contribution in [3.63, 3.8) is 0 Å². The van der Waals surface area contributed by atoms with E-state index in [9.17, 15) is 20.5 Å². The third-order valence-electron chi connectivity index (χ3n) is 4.06. The first kappa shape index (κ1) is 17.5. The molecule has 0 spiro atoms. The number of hydrogen-bond acceptors (Lipinski definition) is 7. The third kappa shape index (κ3) is 3.11. The van der Waals surface area contributed by atoms with Gasteiger partial charge in [-0.25, -0.2) is 4.98 Å². The van der Waals surface area contributed by atoms with Crippen LogP contribution in [0.25, 0.3) is 32.9 Å². The van der Waals surface area contributed by atoms with Crippen LogP contribution in [0.5, 0.6) is 0 Å². The minimum atomic E-state index is -0.483. The second-order valence-corrected chi connectivity index (χ2v) is 6.82. The largest absolute Gasteiger partial charge is 0.503 e. The fourth-order valence-corrected chi connectivity index (χ4v) is 3.63. The second kappa shape index (κ2) is 6.98. The van der Waals surface area contributed by atoms with Crippen molar-refractivity contribution in [3.8, 4) is 17.4 Å². The highest BCUT2D eigenvalue weighted by Gasteiger charge is 2.18.